The molecule has 3 aromatic rings. The fourth-order valence-electron chi connectivity index (χ4n) is 3.51. The minimum atomic E-state index is 0.142. The van der Waals surface area contributed by atoms with Crippen LogP contribution in [0.1, 0.15) is 63.4 Å². The standard InChI is InChI=1S/C17H19BN6S.2C2H6/c1-11-9-20-24-15(22-16-6-12(2)23-25-16)7-14(21-17(11)24)13-4-3-5-18(8-13)10-19;2*1-2/h6-7,9,13,22H,3-5,8H2,1-2H3;2*1-2H3. The van der Waals surface area contributed by atoms with E-state index in [-0.39, 0.29) is 6.71 Å². The van der Waals surface area contributed by atoms with E-state index in [1.165, 1.54) is 11.5 Å². The van der Waals surface area contributed by atoms with Crippen molar-refractivity contribution in [3.8, 4) is 5.97 Å². The van der Waals surface area contributed by atoms with Crippen LogP contribution in [0.25, 0.3) is 5.65 Å². The van der Waals surface area contributed by atoms with Crippen LogP contribution in [0.15, 0.2) is 18.3 Å². The van der Waals surface area contributed by atoms with Crippen molar-refractivity contribution >= 4 is 34.7 Å². The molecule has 0 amide bonds. The second-order valence-electron chi connectivity index (χ2n) is 6.78. The first kappa shape index (κ1) is 22.9. The maximum absolute atomic E-state index is 9.29. The smallest absolute Gasteiger partial charge is 0.268 e. The topological polar surface area (TPSA) is 78.9 Å². The Hall–Kier alpha value is -2.40. The molecule has 8 heteroatoms. The average Bonchev–Trinajstić information content (AvgIpc) is 3.36. The summed E-state index contributed by atoms with van der Waals surface area (Å²) in [6.45, 7) is 12.2. The molecule has 0 bridgehead atoms. The lowest BCUT2D eigenvalue weighted by molar-refractivity contribution is 0.614. The third kappa shape index (κ3) is 5.36. The minimum Gasteiger partial charge on any atom is -0.331 e. The lowest BCUT2D eigenvalue weighted by Gasteiger charge is -2.23. The van der Waals surface area contributed by atoms with Gasteiger partial charge in [-0.25, -0.2) is 10.2 Å². The van der Waals surface area contributed by atoms with Crippen LogP contribution in [0.5, 0.6) is 0 Å². The van der Waals surface area contributed by atoms with Crippen molar-refractivity contribution in [1.29, 1.82) is 5.26 Å². The molecular weight excluding hydrogens is 379 g/mol. The molecule has 1 fully saturated rings. The lowest BCUT2D eigenvalue weighted by Crippen LogP contribution is -2.21. The molecule has 4 heterocycles. The van der Waals surface area contributed by atoms with Crippen LogP contribution >= 0.6 is 11.5 Å². The lowest BCUT2D eigenvalue weighted by atomic mass is 9.41. The quantitative estimate of drug-likeness (QED) is 0.533. The number of hydrogen-bond donors (Lipinski definition) is 1. The highest BCUT2D eigenvalue weighted by Crippen LogP contribution is 2.34. The van der Waals surface area contributed by atoms with Crippen molar-refractivity contribution in [2.24, 2.45) is 0 Å². The van der Waals surface area contributed by atoms with E-state index < -0.39 is 0 Å². The molecule has 3 aromatic heterocycles. The molecule has 0 aromatic carbocycles. The highest BCUT2D eigenvalue weighted by Gasteiger charge is 2.28. The highest BCUT2D eigenvalue weighted by atomic mass is 32.1. The monoisotopic (exact) mass is 410 g/mol. The van der Waals surface area contributed by atoms with Gasteiger partial charge in [-0.05, 0) is 43.8 Å². The second-order valence-corrected chi connectivity index (χ2v) is 7.58. The van der Waals surface area contributed by atoms with Crippen LogP contribution in [0.2, 0.25) is 12.6 Å². The van der Waals surface area contributed by atoms with E-state index in [1.807, 2.05) is 58.3 Å². The minimum absolute atomic E-state index is 0.142. The largest absolute Gasteiger partial charge is 0.331 e. The van der Waals surface area contributed by atoms with Crippen LogP contribution in [-0.2, 0) is 0 Å². The van der Waals surface area contributed by atoms with Crippen LogP contribution < -0.4 is 5.32 Å². The van der Waals surface area contributed by atoms with Crippen LogP contribution in [0, 0.1) is 25.1 Å². The van der Waals surface area contributed by atoms with Gasteiger partial charge in [-0.2, -0.15) is 14.0 Å². The molecule has 0 saturated carbocycles. The summed E-state index contributed by atoms with van der Waals surface area (Å²) < 4.78 is 6.17. The molecule has 1 N–H and O–H groups in total. The van der Waals surface area contributed by atoms with Gasteiger partial charge in [0, 0.05) is 23.3 Å². The van der Waals surface area contributed by atoms with Crippen molar-refractivity contribution in [2.75, 3.05) is 5.32 Å². The molecule has 1 aliphatic rings. The summed E-state index contributed by atoms with van der Waals surface area (Å²) in [6.07, 6.45) is 5.92. The SMILES string of the molecule is CC.CC.Cc1cc(Nc2cc(C3CCCB(C#N)C3)nc3c(C)cnn23)sn1. The van der Waals surface area contributed by atoms with Crippen molar-refractivity contribution in [2.45, 2.75) is 72.9 Å². The van der Waals surface area contributed by atoms with Crippen LogP contribution in [-0.4, -0.2) is 25.7 Å². The molecule has 0 radical (unpaired) electrons. The van der Waals surface area contributed by atoms with Crippen molar-refractivity contribution in [1.82, 2.24) is 19.0 Å². The average molecular weight is 410 g/mol. The number of hydrogen-bond acceptors (Lipinski definition) is 6. The van der Waals surface area contributed by atoms with Gasteiger partial charge in [-0.3, -0.25) is 0 Å². The normalized spacial score (nSPS) is 15.6. The molecular formula is C21H31BN6S. The van der Waals surface area contributed by atoms with Gasteiger partial charge in [0.2, 0.25) is 0 Å². The Bertz CT molecular complexity index is 958. The van der Waals surface area contributed by atoms with E-state index in [9.17, 15) is 5.26 Å². The number of nitriles is 1. The number of nitrogens with zero attached hydrogens (tertiary/aromatic N) is 5. The van der Waals surface area contributed by atoms with E-state index in [0.29, 0.717) is 5.92 Å². The Labute approximate surface area is 178 Å². The Kier molecular flexibility index (Phi) is 8.65. The maximum atomic E-state index is 9.29. The summed E-state index contributed by atoms with van der Waals surface area (Å²) in [5.74, 6) is 3.67. The number of anilines is 2. The van der Waals surface area contributed by atoms with Gasteiger partial charge in [0.15, 0.2) is 5.65 Å². The van der Waals surface area contributed by atoms with Crippen molar-refractivity contribution < 1.29 is 0 Å². The number of rotatable bonds is 3. The molecule has 4 rings (SSSR count). The first-order valence-corrected chi connectivity index (χ1v) is 11.4. The summed E-state index contributed by atoms with van der Waals surface area (Å²) in [5.41, 5.74) is 3.98. The zero-order valence-electron chi connectivity index (χ0n) is 18.4. The predicted molar refractivity (Wildman–Crippen MR) is 124 cm³/mol. The summed E-state index contributed by atoms with van der Waals surface area (Å²) >= 11 is 1.44. The molecule has 1 aliphatic heterocycles. The summed E-state index contributed by atoms with van der Waals surface area (Å²) in [5, 5.41) is 18.2. The van der Waals surface area contributed by atoms with E-state index >= 15 is 0 Å². The molecule has 6 nitrogen and oxygen atoms in total. The first-order valence-electron chi connectivity index (χ1n) is 10.6. The molecule has 0 spiro atoms. The van der Waals surface area contributed by atoms with E-state index in [4.69, 9.17) is 4.98 Å². The highest BCUT2D eigenvalue weighted by molar-refractivity contribution is 7.10. The molecule has 29 heavy (non-hydrogen) atoms. The molecule has 154 valence electrons. The zero-order chi connectivity index (χ0) is 21.4. The summed E-state index contributed by atoms with van der Waals surface area (Å²) in [4.78, 5) is 4.87. The van der Waals surface area contributed by atoms with Crippen LogP contribution in [0.4, 0.5) is 10.8 Å². The van der Waals surface area contributed by atoms with E-state index in [0.717, 1.165) is 58.9 Å². The van der Waals surface area contributed by atoms with Gasteiger partial charge in [0.25, 0.3) is 6.71 Å². The Balaban J connectivity index is 0.000000707. The van der Waals surface area contributed by atoms with Crippen molar-refractivity contribution in [3.63, 3.8) is 0 Å². The number of fused-ring (bicyclic) bond motifs is 1. The maximum Gasteiger partial charge on any atom is 0.268 e. The molecule has 1 atom stereocenters. The van der Waals surface area contributed by atoms with Crippen molar-refractivity contribution in [3.05, 3.63) is 35.3 Å². The Morgan fingerprint density at radius 2 is 2.00 bits per heavy atom. The van der Waals surface area contributed by atoms with Gasteiger partial charge in [-0.1, -0.05) is 46.8 Å². The second kappa shape index (κ2) is 11.0. The van der Waals surface area contributed by atoms with Gasteiger partial charge in [0.1, 0.15) is 10.8 Å². The summed E-state index contributed by atoms with van der Waals surface area (Å²) in [7, 11) is 0. The van der Waals surface area contributed by atoms with Gasteiger partial charge in [-0.15, -0.1) is 0 Å². The van der Waals surface area contributed by atoms with E-state index in [2.05, 4.69) is 26.8 Å². The van der Waals surface area contributed by atoms with E-state index in [1.54, 1.807) is 0 Å². The zero-order valence-corrected chi connectivity index (χ0v) is 19.2. The molecule has 1 saturated heterocycles. The first-order chi connectivity index (χ1) is 14.1. The summed E-state index contributed by atoms with van der Waals surface area (Å²) in [6, 6.07) is 4.11. The van der Waals surface area contributed by atoms with Gasteiger partial charge < -0.3 is 5.32 Å². The predicted octanol–water partition coefficient (Wildman–Crippen LogP) is 6.03. The number of aromatic nitrogens is 4. The van der Waals surface area contributed by atoms with Crippen LogP contribution in [0.3, 0.4) is 0 Å². The third-order valence-corrected chi connectivity index (χ3v) is 5.62. The third-order valence-electron chi connectivity index (χ3n) is 4.82. The fourth-order valence-corrected chi connectivity index (χ4v) is 4.18. The fraction of sp³-hybridized carbons (Fsp3) is 0.524. The number of nitrogens with one attached hydrogen (secondary N) is 1. The number of aryl methyl sites for hydroxylation is 2. The Morgan fingerprint density at radius 1 is 1.24 bits per heavy atom. The van der Waals surface area contributed by atoms with Gasteiger partial charge in [0.05, 0.1) is 11.9 Å². The Morgan fingerprint density at radius 3 is 2.66 bits per heavy atom. The molecule has 1 unspecified atom stereocenters. The van der Waals surface area contributed by atoms with Gasteiger partial charge >= 0.3 is 0 Å². The molecule has 0 aliphatic carbocycles.